The van der Waals surface area contributed by atoms with Gasteiger partial charge in [0.1, 0.15) is 11.8 Å². The maximum atomic E-state index is 13.0. The standard InChI is InChI=1S/C23H20ClN3O3S.C22H21ClN2O4S/c1-23(2,3)16-4-7-19(8-5-16)31(29,30)27-21-9-6-17(24)13-20(21)22(28)15-10-11-26-18(12-15)14-25;1-22(2,3)16-4-7-18(8-5-16)30(28,29)24-20-9-6-17(23)14-19(20)21(26)15-10-12-25(27)13-11-15/h4-13,27H,1-3H3;4-14,24H,1-3H3. The van der Waals surface area contributed by atoms with Crippen molar-refractivity contribution < 1.29 is 31.2 Å². The highest BCUT2D eigenvalue weighted by Crippen LogP contribution is 2.30. The maximum Gasteiger partial charge on any atom is 0.261 e. The fourth-order valence-corrected chi connectivity index (χ4v) is 8.27. The van der Waals surface area contributed by atoms with Crippen LogP contribution in [0.3, 0.4) is 0 Å². The molecule has 314 valence electrons. The lowest BCUT2D eigenvalue weighted by atomic mass is 9.87. The number of nitrogens with zero attached hydrogens (tertiary/aromatic N) is 3. The number of halogens is 2. The molecule has 0 atom stereocenters. The summed E-state index contributed by atoms with van der Waals surface area (Å²) in [4.78, 5) is 29.9. The summed E-state index contributed by atoms with van der Waals surface area (Å²) in [6.45, 7) is 12.2. The molecule has 0 saturated carbocycles. The molecular weight excluding hydrogens is 858 g/mol. The molecule has 61 heavy (non-hydrogen) atoms. The first-order chi connectivity index (χ1) is 28.5. The molecule has 6 aromatic rings. The molecule has 0 fully saturated rings. The van der Waals surface area contributed by atoms with E-state index in [1.807, 2.05) is 47.6 Å². The quantitative estimate of drug-likeness (QED) is 0.0767. The van der Waals surface area contributed by atoms with Crippen molar-refractivity contribution in [3.05, 3.63) is 182 Å². The maximum absolute atomic E-state index is 13.0. The predicted molar refractivity (Wildman–Crippen MR) is 236 cm³/mol. The minimum Gasteiger partial charge on any atom is -0.619 e. The van der Waals surface area contributed by atoms with Gasteiger partial charge >= 0.3 is 0 Å². The highest BCUT2D eigenvalue weighted by Gasteiger charge is 2.24. The molecule has 0 amide bonds. The van der Waals surface area contributed by atoms with Gasteiger partial charge in [0.25, 0.3) is 20.0 Å². The van der Waals surface area contributed by atoms with E-state index in [0.29, 0.717) is 4.73 Å². The number of carbonyl (C=O) groups is 2. The molecule has 0 aliphatic rings. The lowest BCUT2D eigenvalue weighted by molar-refractivity contribution is -0.605. The van der Waals surface area contributed by atoms with Crippen molar-refractivity contribution in [3.8, 4) is 6.07 Å². The summed E-state index contributed by atoms with van der Waals surface area (Å²) in [5.74, 6) is -0.943. The Hall–Kier alpha value is -6.11. The van der Waals surface area contributed by atoms with Gasteiger partial charge in [-0.15, -0.1) is 0 Å². The molecule has 0 aliphatic heterocycles. The van der Waals surface area contributed by atoms with Gasteiger partial charge in [0.2, 0.25) is 0 Å². The third kappa shape index (κ3) is 11.6. The van der Waals surface area contributed by atoms with Crippen LogP contribution in [0, 0.1) is 16.5 Å². The van der Waals surface area contributed by atoms with Crippen molar-refractivity contribution in [2.24, 2.45) is 0 Å². The van der Waals surface area contributed by atoms with Crippen LogP contribution in [0.4, 0.5) is 11.4 Å². The molecule has 0 saturated heterocycles. The van der Waals surface area contributed by atoms with Gasteiger partial charge in [-0.2, -0.15) is 9.99 Å². The van der Waals surface area contributed by atoms with Crippen LogP contribution in [0.25, 0.3) is 0 Å². The Kier molecular flexibility index (Phi) is 13.8. The zero-order valence-electron chi connectivity index (χ0n) is 33.9. The number of benzene rings is 4. The molecule has 16 heteroatoms. The minimum absolute atomic E-state index is 0.0671. The van der Waals surface area contributed by atoms with Crippen LogP contribution in [-0.4, -0.2) is 33.4 Å². The molecule has 0 bridgehead atoms. The summed E-state index contributed by atoms with van der Waals surface area (Å²) in [5, 5.41) is 20.8. The van der Waals surface area contributed by atoms with Crippen molar-refractivity contribution in [2.75, 3.05) is 9.44 Å². The third-order valence-corrected chi connectivity index (χ3v) is 12.4. The van der Waals surface area contributed by atoms with Gasteiger partial charge in [-0.3, -0.25) is 19.0 Å². The second kappa shape index (κ2) is 18.2. The summed E-state index contributed by atoms with van der Waals surface area (Å²) >= 11 is 12.1. The Bertz CT molecular complexity index is 2870. The van der Waals surface area contributed by atoms with E-state index < -0.39 is 31.6 Å². The van der Waals surface area contributed by atoms with Crippen LogP contribution in [0.5, 0.6) is 0 Å². The van der Waals surface area contributed by atoms with Crippen LogP contribution in [-0.2, 0) is 30.9 Å². The number of aromatic nitrogens is 2. The monoisotopic (exact) mass is 897 g/mol. The number of rotatable bonds is 10. The number of ketones is 2. The fourth-order valence-electron chi connectivity index (χ4n) is 5.77. The lowest BCUT2D eigenvalue weighted by Gasteiger charge is -2.19. The Morgan fingerprint density at radius 2 is 1.03 bits per heavy atom. The summed E-state index contributed by atoms with van der Waals surface area (Å²) in [6, 6.07) is 29.2. The molecule has 2 N–H and O–H groups in total. The number of hydrogen-bond donors (Lipinski definition) is 2. The number of hydrogen-bond acceptors (Lipinski definition) is 9. The van der Waals surface area contributed by atoms with Crippen molar-refractivity contribution in [1.29, 1.82) is 5.26 Å². The van der Waals surface area contributed by atoms with Crippen LogP contribution >= 0.6 is 23.2 Å². The minimum atomic E-state index is -3.95. The Labute approximate surface area is 365 Å². The molecule has 4 aromatic carbocycles. The van der Waals surface area contributed by atoms with Crippen LogP contribution < -0.4 is 14.2 Å². The molecule has 2 heterocycles. The van der Waals surface area contributed by atoms with Gasteiger partial charge in [-0.25, -0.2) is 21.8 Å². The van der Waals surface area contributed by atoms with E-state index in [2.05, 4.69) is 14.4 Å². The Balaban J connectivity index is 0.000000231. The number of pyridine rings is 2. The molecule has 6 rings (SSSR count). The van der Waals surface area contributed by atoms with E-state index in [0.717, 1.165) is 11.1 Å². The Morgan fingerprint density at radius 1 is 0.623 bits per heavy atom. The van der Waals surface area contributed by atoms with Gasteiger partial charge in [0.15, 0.2) is 24.0 Å². The zero-order valence-corrected chi connectivity index (χ0v) is 37.0. The molecule has 0 spiro atoms. The highest BCUT2D eigenvalue weighted by molar-refractivity contribution is 7.93. The number of sulfonamides is 2. The van der Waals surface area contributed by atoms with E-state index in [9.17, 15) is 31.6 Å². The largest absolute Gasteiger partial charge is 0.619 e. The van der Waals surface area contributed by atoms with Crippen molar-refractivity contribution in [3.63, 3.8) is 0 Å². The fraction of sp³-hybridized carbons (Fsp3) is 0.178. The van der Waals surface area contributed by atoms with Crippen LogP contribution in [0.15, 0.2) is 138 Å². The van der Waals surface area contributed by atoms with E-state index in [1.165, 1.54) is 104 Å². The van der Waals surface area contributed by atoms with Gasteiger partial charge in [0.05, 0.1) is 21.2 Å². The third-order valence-electron chi connectivity index (χ3n) is 9.20. The van der Waals surface area contributed by atoms with Gasteiger partial charge in [-0.05, 0) is 94.8 Å². The summed E-state index contributed by atoms with van der Waals surface area (Å²) in [6.07, 6.45) is 3.73. The second-order valence-corrected chi connectivity index (χ2v) is 20.0. The van der Waals surface area contributed by atoms with E-state index in [-0.39, 0.29) is 70.0 Å². The van der Waals surface area contributed by atoms with Gasteiger partial charge in [0, 0.05) is 50.6 Å². The lowest BCUT2D eigenvalue weighted by Crippen LogP contribution is -2.24. The van der Waals surface area contributed by atoms with Gasteiger partial charge in [-0.1, -0.05) is 89.0 Å². The van der Waals surface area contributed by atoms with Crippen LogP contribution in [0.2, 0.25) is 10.0 Å². The summed E-state index contributed by atoms with van der Waals surface area (Å²) < 4.78 is 57.2. The average molecular weight is 899 g/mol. The number of anilines is 2. The van der Waals surface area contributed by atoms with Gasteiger partial charge < -0.3 is 5.21 Å². The van der Waals surface area contributed by atoms with E-state index in [4.69, 9.17) is 28.5 Å². The first-order valence-corrected chi connectivity index (χ1v) is 22.2. The molecular formula is C45H41Cl2N5O7S2. The van der Waals surface area contributed by atoms with E-state index >= 15 is 0 Å². The second-order valence-electron chi connectivity index (χ2n) is 15.8. The zero-order chi connectivity index (χ0) is 44.9. The average Bonchev–Trinajstić information content (AvgIpc) is 3.21. The van der Waals surface area contributed by atoms with Crippen molar-refractivity contribution in [1.82, 2.24) is 4.98 Å². The molecule has 0 unspecified atom stereocenters. The normalized spacial score (nSPS) is 11.7. The number of nitrogens with one attached hydrogen (secondary N) is 2. The van der Waals surface area contributed by atoms with Crippen LogP contribution in [0.1, 0.15) is 90.2 Å². The first-order valence-electron chi connectivity index (χ1n) is 18.5. The topological polar surface area (TPSA) is 190 Å². The number of carbonyl (C=O) groups excluding carboxylic acids is 2. The first kappa shape index (κ1) is 46.0. The molecule has 2 aromatic heterocycles. The summed E-state index contributed by atoms with van der Waals surface area (Å²) in [5.41, 5.74) is 2.63. The number of nitriles is 1. The Morgan fingerprint density at radius 3 is 1.43 bits per heavy atom. The van der Waals surface area contributed by atoms with Crippen molar-refractivity contribution in [2.45, 2.75) is 62.2 Å². The van der Waals surface area contributed by atoms with E-state index in [1.54, 1.807) is 24.3 Å². The smallest absolute Gasteiger partial charge is 0.261 e. The van der Waals surface area contributed by atoms with Crippen molar-refractivity contribution >= 4 is 66.2 Å². The highest BCUT2D eigenvalue weighted by atomic mass is 35.5. The molecule has 12 nitrogen and oxygen atoms in total. The SMILES string of the molecule is CC(C)(C)c1ccc(S(=O)(=O)Nc2ccc(Cl)cc2C(=O)c2cc[n+]([O-])cc2)cc1.CC(C)(C)c1ccc(S(=O)(=O)Nc2ccc(Cl)cc2C(=O)c2ccnc(C#N)c2)cc1. The molecule has 0 radical (unpaired) electrons. The molecule has 0 aliphatic carbocycles. The predicted octanol–water partition coefficient (Wildman–Crippen LogP) is 9.24. The summed E-state index contributed by atoms with van der Waals surface area (Å²) in [7, 11) is -7.88.